The molecule has 0 atom stereocenters. The van der Waals surface area contributed by atoms with Gasteiger partial charge in [0.1, 0.15) is 11.2 Å². The lowest BCUT2D eigenvalue weighted by Gasteiger charge is -2.34. The fraction of sp³-hybridized carbons (Fsp3) is 0. The summed E-state index contributed by atoms with van der Waals surface area (Å²) in [7, 11) is -2.61. The van der Waals surface area contributed by atoms with E-state index in [-0.39, 0.29) is 0 Å². The number of rotatable bonds is 7. The van der Waals surface area contributed by atoms with Crippen LogP contribution >= 0.6 is 0 Å². The standard InChI is InChI=1S/C50H35NOSi/c1-4-16-39(17-5-1)53(40-18-6-2-7-19-40,41-20-8-3-9-21-41)42-22-14-15-36(33-42)27-28-37-29-31-49-45(34-37)46-35-38(30-32-50(46)52-49)51-47-25-12-10-23-43(47)44-24-11-13-26-48(44)51/h1-35H. The van der Waals surface area contributed by atoms with Crippen molar-refractivity contribution in [2.75, 3.05) is 0 Å². The number of benzene rings is 8. The van der Waals surface area contributed by atoms with E-state index in [0.29, 0.717) is 0 Å². The minimum absolute atomic E-state index is 0.891. The Morgan fingerprint density at radius 2 is 0.830 bits per heavy atom. The summed E-state index contributed by atoms with van der Waals surface area (Å²) in [6.07, 6.45) is 4.47. The molecule has 0 saturated heterocycles. The van der Waals surface area contributed by atoms with Crippen molar-refractivity contribution < 1.29 is 4.42 Å². The van der Waals surface area contributed by atoms with E-state index in [1.807, 2.05) is 0 Å². The van der Waals surface area contributed by atoms with E-state index in [1.165, 1.54) is 48.1 Å². The third kappa shape index (κ3) is 5.16. The third-order valence-corrected chi connectivity index (χ3v) is 15.5. The fourth-order valence-electron chi connectivity index (χ4n) is 8.36. The van der Waals surface area contributed by atoms with Crippen LogP contribution in [0.2, 0.25) is 0 Å². The minimum Gasteiger partial charge on any atom is -0.456 e. The van der Waals surface area contributed by atoms with Crippen LogP contribution < -0.4 is 20.7 Å². The van der Waals surface area contributed by atoms with E-state index >= 15 is 0 Å². The molecule has 10 rings (SSSR count). The van der Waals surface area contributed by atoms with E-state index in [9.17, 15) is 0 Å². The first kappa shape index (κ1) is 31.1. The first-order chi connectivity index (χ1) is 26.3. The molecule has 0 amide bonds. The summed E-state index contributed by atoms with van der Waals surface area (Å²) in [5.41, 5.74) is 7.61. The number of furan rings is 1. The molecule has 3 heteroatoms. The highest BCUT2D eigenvalue weighted by atomic mass is 28.3. The Balaban J connectivity index is 1.07. The number of nitrogens with zero attached hydrogens (tertiary/aromatic N) is 1. The highest BCUT2D eigenvalue weighted by Gasteiger charge is 2.41. The van der Waals surface area contributed by atoms with E-state index in [1.54, 1.807) is 0 Å². The minimum atomic E-state index is -2.61. The van der Waals surface area contributed by atoms with Gasteiger partial charge in [0.25, 0.3) is 0 Å². The summed E-state index contributed by atoms with van der Waals surface area (Å²) in [5, 5.41) is 10.2. The molecule has 0 aliphatic rings. The smallest absolute Gasteiger partial charge is 0.179 e. The molecular weight excluding hydrogens is 659 g/mol. The van der Waals surface area contributed by atoms with E-state index in [0.717, 1.165) is 33.2 Å². The average molecular weight is 694 g/mol. The largest absolute Gasteiger partial charge is 0.456 e. The van der Waals surface area contributed by atoms with Crippen molar-refractivity contribution in [1.82, 2.24) is 4.57 Å². The van der Waals surface area contributed by atoms with E-state index < -0.39 is 8.07 Å². The van der Waals surface area contributed by atoms with Crippen LogP contribution in [0.4, 0.5) is 0 Å². The van der Waals surface area contributed by atoms with Crippen LogP contribution in [0.3, 0.4) is 0 Å². The summed E-state index contributed by atoms with van der Waals surface area (Å²) in [5.74, 6) is 0. The summed E-state index contributed by atoms with van der Waals surface area (Å²) >= 11 is 0. The molecule has 53 heavy (non-hydrogen) atoms. The molecule has 0 aliphatic heterocycles. The summed E-state index contributed by atoms with van der Waals surface area (Å²) in [6.45, 7) is 0. The molecule has 2 nitrogen and oxygen atoms in total. The summed E-state index contributed by atoms with van der Waals surface area (Å²) in [6, 6.07) is 72.8. The van der Waals surface area contributed by atoms with Crippen LogP contribution in [0, 0.1) is 0 Å². The van der Waals surface area contributed by atoms with Gasteiger partial charge < -0.3 is 8.98 Å². The first-order valence-electron chi connectivity index (χ1n) is 18.2. The molecule has 0 fully saturated rings. The Morgan fingerprint density at radius 3 is 1.42 bits per heavy atom. The van der Waals surface area contributed by atoms with Crippen LogP contribution in [0.15, 0.2) is 205 Å². The second kappa shape index (κ2) is 12.8. The lowest BCUT2D eigenvalue weighted by atomic mass is 10.1. The monoisotopic (exact) mass is 693 g/mol. The Kier molecular flexibility index (Phi) is 7.52. The van der Waals surface area contributed by atoms with Gasteiger partial charge in [0.2, 0.25) is 0 Å². The predicted molar refractivity (Wildman–Crippen MR) is 227 cm³/mol. The molecule has 0 radical (unpaired) electrons. The van der Waals surface area contributed by atoms with Crippen molar-refractivity contribution in [3.8, 4) is 5.69 Å². The second-order valence-electron chi connectivity index (χ2n) is 13.7. The molecule has 0 unspecified atom stereocenters. The van der Waals surface area contributed by atoms with E-state index in [4.69, 9.17) is 4.42 Å². The number of hydrogen-bond acceptors (Lipinski definition) is 1. The van der Waals surface area contributed by atoms with Gasteiger partial charge in [-0.05, 0) is 74.3 Å². The normalized spacial score (nSPS) is 12.1. The summed E-state index contributed by atoms with van der Waals surface area (Å²) < 4.78 is 8.73. The van der Waals surface area contributed by atoms with Crippen molar-refractivity contribution in [2.24, 2.45) is 0 Å². The molecule has 0 spiro atoms. The van der Waals surface area contributed by atoms with Crippen molar-refractivity contribution in [3.63, 3.8) is 0 Å². The molecule has 2 heterocycles. The van der Waals surface area contributed by atoms with Crippen LogP contribution in [0.25, 0.3) is 61.6 Å². The van der Waals surface area contributed by atoms with Crippen LogP contribution in [0.1, 0.15) is 11.1 Å². The van der Waals surface area contributed by atoms with Gasteiger partial charge in [0.15, 0.2) is 8.07 Å². The molecule has 250 valence electrons. The Hall–Kier alpha value is -6.68. The van der Waals surface area contributed by atoms with Gasteiger partial charge in [-0.15, -0.1) is 0 Å². The molecule has 0 saturated carbocycles. The maximum absolute atomic E-state index is 6.37. The Labute approximate surface area is 309 Å². The molecular formula is C50H35NOSi. The van der Waals surface area contributed by atoms with Crippen molar-refractivity contribution in [3.05, 3.63) is 211 Å². The van der Waals surface area contributed by atoms with Gasteiger partial charge >= 0.3 is 0 Å². The molecule has 0 bridgehead atoms. The third-order valence-electron chi connectivity index (χ3n) is 10.7. The number of para-hydroxylation sites is 2. The Bertz CT molecular complexity index is 2790. The Morgan fingerprint density at radius 1 is 0.358 bits per heavy atom. The summed E-state index contributed by atoms with van der Waals surface area (Å²) in [4.78, 5) is 0. The molecule has 10 aromatic rings. The predicted octanol–water partition coefficient (Wildman–Crippen LogP) is 10.2. The molecule has 8 aromatic carbocycles. The van der Waals surface area contributed by atoms with Crippen LogP contribution in [-0.2, 0) is 0 Å². The zero-order valence-corrected chi connectivity index (χ0v) is 30.1. The van der Waals surface area contributed by atoms with Crippen LogP contribution in [0.5, 0.6) is 0 Å². The zero-order valence-electron chi connectivity index (χ0n) is 29.1. The zero-order chi connectivity index (χ0) is 35.2. The average Bonchev–Trinajstić information content (AvgIpc) is 3.77. The van der Waals surface area contributed by atoms with Crippen molar-refractivity contribution in [2.45, 2.75) is 0 Å². The van der Waals surface area contributed by atoms with Crippen molar-refractivity contribution in [1.29, 1.82) is 0 Å². The van der Waals surface area contributed by atoms with Crippen molar-refractivity contribution >= 4 is 84.7 Å². The maximum Gasteiger partial charge on any atom is 0.179 e. The highest BCUT2D eigenvalue weighted by Crippen LogP contribution is 2.35. The number of hydrogen-bond donors (Lipinski definition) is 0. The molecule has 0 N–H and O–H groups in total. The van der Waals surface area contributed by atoms with Gasteiger partial charge in [-0.25, -0.2) is 0 Å². The maximum atomic E-state index is 6.37. The van der Waals surface area contributed by atoms with Gasteiger partial charge in [0, 0.05) is 27.2 Å². The molecule has 2 aromatic heterocycles. The topological polar surface area (TPSA) is 18.1 Å². The fourth-order valence-corrected chi connectivity index (χ4v) is 13.2. The lowest BCUT2D eigenvalue weighted by Crippen LogP contribution is -2.74. The number of aromatic nitrogens is 1. The SMILES string of the molecule is C(=Cc1ccc2oc3ccc(-n4c5ccccc5c5ccccc54)cc3c2c1)c1cccc([Si](c2ccccc2)(c2ccccc2)c2ccccc2)c1. The van der Waals surface area contributed by atoms with E-state index in [2.05, 4.69) is 217 Å². The van der Waals surface area contributed by atoms with Gasteiger partial charge in [-0.3, -0.25) is 0 Å². The first-order valence-corrected chi connectivity index (χ1v) is 20.2. The van der Waals surface area contributed by atoms with Gasteiger partial charge in [-0.2, -0.15) is 0 Å². The molecule has 0 aliphatic carbocycles. The number of fused-ring (bicyclic) bond motifs is 6. The highest BCUT2D eigenvalue weighted by molar-refractivity contribution is 7.19. The van der Waals surface area contributed by atoms with Gasteiger partial charge in [-0.1, -0.05) is 170 Å². The lowest BCUT2D eigenvalue weighted by molar-refractivity contribution is 0.669. The van der Waals surface area contributed by atoms with Crippen LogP contribution in [-0.4, -0.2) is 12.6 Å². The quantitative estimate of drug-likeness (QED) is 0.0923. The van der Waals surface area contributed by atoms with Gasteiger partial charge in [0.05, 0.1) is 11.0 Å². The second-order valence-corrected chi connectivity index (χ2v) is 17.5.